The molecule has 1 amide bonds. The van der Waals surface area contributed by atoms with Gasteiger partial charge in [0.25, 0.3) is 5.91 Å². The number of likely N-dealkylation sites (tertiary alicyclic amines) is 1. The minimum atomic E-state index is -0.941. The van der Waals surface area contributed by atoms with Crippen molar-refractivity contribution in [1.82, 2.24) is 9.88 Å². The fraction of sp³-hybridized carbons (Fsp3) is 0.462. The van der Waals surface area contributed by atoms with Gasteiger partial charge in [-0.15, -0.1) is 0 Å². The van der Waals surface area contributed by atoms with Gasteiger partial charge in [0.05, 0.1) is 5.56 Å². The van der Waals surface area contributed by atoms with E-state index in [9.17, 15) is 9.59 Å². The van der Waals surface area contributed by atoms with Gasteiger partial charge in [0.1, 0.15) is 11.9 Å². The number of pyridine rings is 1. The molecule has 2 heterocycles. The molecule has 1 aromatic heterocycles. The second-order valence-electron chi connectivity index (χ2n) is 4.79. The maximum Gasteiger partial charge on any atom is 0.326 e. The molecule has 1 unspecified atom stereocenters. The number of amides is 1. The van der Waals surface area contributed by atoms with Crippen molar-refractivity contribution < 1.29 is 14.7 Å². The molecule has 0 radical (unpaired) electrons. The van der Waals surface area contributed by atoms with Gasteiger partial charge in [-0.3, -0.25) is 4.79 Å². The lowest BCUT2D eigenvalue weighted by molar-refractivity contribution is -0.141. The first-order valence-corrected chi connectivity index (χ1v) is 6.18. The number of hydrogen-bond acceptors (Lipinski definition) is 4. The molecule has 102 valence electrons. The van der Waals surface area contributed by atoms with Crippen LogP contribution in [0.2, 0.25) is 0 Å². The summed E-state index contributed by atoms with van der Waals surface area (Å²) in [7, 11) is 3.73. The van der Waals surface area contributed by atoms with Crippen LogP contribution in [-0.2, 0) is 4.79 Å². The topological polar surface area (TPSA) is 73.7 Å². The molecule has 1 atom stereocenters. The van der Waals surface area contributed by atoms with E-state index in [2.05, 4.69) is 4.98 Å². The van der Waals surface area contributed by atoms with Crippen LogP contribution in [0.5, 0.6) is 0 Å². The minimum absolute atomic E-state index is 0.261. The van der Waals surface area contributed by atoms with Gasteiger partial charge in [0, 0.05) is 26.8 Å². The van der Waals surface area contributed by atoms with Crippen molar-refractivity contribution in [2.45, 2.75) is 18.9 Å². The maximum absolute atomic E-state index is 12.3. The van der Waals surface area contributed by atoms with E-state index in [0.717, 1.165) is 12.2 Å². The summed E-state index contributed by atoms with van der Waals surface area (Å²) in [6.45, 7) is 0.491. The Morgan fingerprint density at radius 1 is 1.42 bits per heavy atom. The highest BCUT2D eigenvalue weighted by Crippen LogP contribution is 2.20. The Morgan fingerprint density at radius 3 is 2.68 bits per heavy atom. The zero-order valence-corrected chi connectivity index (χ0v) is 11.0. The molecule has 1 fully saturated rings. The molecule has 0 bridgehead atoms. The number of carbonyl (C=O) groups is 2. The summed E-state index contributed by atoms with van der Waals surface area (Å²) in [5, 5.41) is 9.08. The predicted molar refractivity (Wildman–Crippen MR) is 70.3 cm³/mol. The van der Waals surface area contributed by atoms with E-state index in [1.54, 1.807) is 12.1 Å². The molecule has 0 saturated carbocycles. The quantitative estimate of drug-likeness (QED) is 0.874. The standard InChI is InChI=1S/C13H17N3O3/c1-15(2)11-6-5-9(8-14-11)12(17)16-7-3-4-10(16)13(18)19/h5-6,8,10H,3-4,7H2,1-2H3,(H,18,19). The number of hydrogen-bond donors (Lipinski definition) is 1. The lowest BCUT2D eigenvalue weighted by Gasteiger charge is -2.21. The van der Waals surface area contributed by atoms with Crippen LogP contribution in [0.1, 0.15) is 23.2 Å². The van der Waals surface area contributed by atoms with Gasteiger partial charge in [-0.2, -0.15) is 0 Å². The predicted octanol–water partition coefficient (Wildman–Crippen LogP) is 0.837. The minimum Gasteiger partial charge on any atom is -0.480 e. The van der Waals surface area contributed by atoms with Gasteiger partial charge in [0.15, 0.2) is 0 Å². The van der Waals surface area contributed by atoms with Crippen molar-refractivity contribution in [3.05, 3.63) is 23.9 Å². The van der Waals surface area contributed by atoms with Crippen molar-refractivity contribution in [3.8, 4) is 0 Å². The summed E-state index contributed by atoms with van der Waals surface area (Å²) < 4.78 is 0. The first kappa shape index (κ1) is 13.3. The summed E-state index contributed by atoms with van der Waals surface area (Å²) in [5.74, 6) is -0.445. The number of carboxylic acids is 1. The van der Waals surface area contributed by atoms with Crippen LogP contribution in [0, 0.1) is 0 Å². The number of anilines is 1. The Balaban J connectivity index is 2.17. The Labute approximate surface area is 111 Å². The Kier molecular flexibility index (Phi) is 3.69. The SMILES string of the molecule is CN(C)c1ccc(C(=O)N2CCCC2C(=O)O)cn1. The van der Waals surface area contributed by atoms with Crippen LogP contribution in [0.15, 0.2) is 18.3 Å². The smallest absolute Gasteiger partial charge is 0.326 e. The molecular formula is C13H17N3O3. The first-order valence-electron chi connectivity index (χ1n) is 6.18. The number of rotatable bonds is 3. The summed E-state index contributed by atoms with van der Waals surface area (Å²) in [6.07, 6.45) is 2.74. The normalized spacial score (nSPS) is 18.4. The fourth-order valence-electron chi connectivity index (χ4n) is 2.21. The molecule has 2 rings (SSSR count). The average Bonchev–Trinajstić information content (AvgIpc) is 2.87. The molecule has 19 heavy (non-hydrogen) atoms. The van der Waals surface area contributed by atoms with Crippen molar-refractivity contribution in [2.24, 2.45) is 0 Å². The number of carbonyl (C=O) groups excluding carboxylic acids is 1. The van der Waals surface area contributed by atoms with Gasteiger partial charge in [-0.1, -0.05) is 0 Å². The molecule has 1 aliphatic rings. The van der Waals surface area contributed by atoms with E-state index in [0.29, 0.717) is 18.5 Å². The molecule has 1 N–H and O–H groups in total. The summed E-state index contributed by atoms with van der Waals surface area (Å²) in [6, 6.07) is 2.72. The number of carboxylic acid groups (broad SMARTS) is 1. The van der Waals surface area contributed by atoms with Crippen LogP contribution in [0.25, 0.3) is 0 Å². The zero-order chi connectivity index (χ0) is 14.0. The van der Waals surface area contributed by atoms with E-state index in [4.69, 9.17) is 5.11 Å². The molecule has 6 nitrogen and oxygen atoms in total. The lowest BCUT2D eigenvalue weighted by Crippen LogP contribution is -2.40. The first-order chi connectivity index (χ1) is 9.00. The van der Waals surface area contributed by atoms with Crippen LogP contribution in [0.4, 0.5) is 5.82 Å². The van der Waals surface area contributed by atoms with Crippen LogP contribution < -0.4 is 4.90 Å². The molecule has 6 heteroatoms. The maximum atomic E-state index is 12.3. The molecule has 0 spiro atoms. The zero-order valence-electron chi connectivity index (χ0n) is 11.0. The Bertz CT molecular complexity index is 484. The average molecular weight is 263 g/mol. The summed E-state index contributed by atoms with van der Waals surface area (Å²) >= 11 is 0. The number of aliphatic carboxylic acids is 1. The fourth-order valence-corrected chi connectivity index (χ4v) is 2.21. The highest BCUT2D eigenvalue weighted by atomic mass is 16.4. The number of nitrogens with zero attached hydrogens (tertiary/aromatic N) is 3. The third-order valence-electron chi connectivity index (χ3n) is 3.25. The summed E-state index contributed by atoms with van der Waals surface area (Å²) in [4.78, 5) is 30.7. The van der Waals surface area contributed by atoms with E-state index in [-0.39, 0.29) is 5.91 Å². The van der Waals surface area contributed by atoms with Gasteiger partial charge >= 0.3 is 5.97 Å². The van der Waals surface area contributed by atoms with E-state index < -0.39 is 12.0 Å². The Hall–Kier alpha value is -2.11. The molecule has 1 saturated heterocycles. The molecule has 0 aliphatic carbocycles. The highest BCUT2D eigenvalue weighted by Gasteiger charge is 2.34. The highest BCUT2D eigenvalue weighted by molar-refractivity contribution is 5.96. The van der Waals surface area contributed by atoms with Crippen LogP contribution in [-0.4, -0.2) is 53.5 Å². The second-order valence-corrected chi connectivity index (χ2v) is 4.79. The second kappa shape index (κ2) is 5.26. The monoisotopic (exact) mass is 263 g/mol. The third-order valence-corrected chi connectivity index (χ3v) is 3.25. The van der Waals surface area contributed by atoms with Gasteiger partial charge in [-0.25, -0.2) is 9.78 Å². The number of aromatic nitrogens is 1. The van der Waals surface area contributed by atoms with Crippen molar-refractivity contribution in [1.29, 1.82) is 0 Å². The molecule has 1 aromatic rings. The van der Waals surface area contributed by atoms with E-state index >= 15 is 0 Å². The van der Waals surface area contributed by atoms with Crippen molar-refractivity contribution >= 4 is 17.7 Å². The summed E-state index contributed by atoms with van der Waals surface area (Å²) in [5.41, 5.74) is 0.429. The van der Waals surface area contributed by atoms with Crippen molar-refractivity contribution in [2.75, 3.05) is 25.5 Å². The Morgan fingerprint density at radius 2 is 2.16 bits per heavy atom. The van der Waals surface area contributed by atoms with Gasteiger partial charge < -0.3 is 14.9 Å². The molecule has 0 aromatic carbocycles. The van der Waals surface area contributed by atoms with Crippen molar-refractivity contribution in [3.63, 3.8) is 0 Å². The van der Waals surface area contributed by atoms with Gasteiger partial charge in [0.2, 0.25) is 0 Å². The van der Waals surface area contributed by atoms with Crippen LogP contribution >= 0.6 is 0 Å². The molecule has 1 aliphatic heterocycles. The van der Waals surface area contributed by atoms with Crippen LogP contribution in [0.3, 0.4) is 0 Å². The molecular weight excluding hydrogens is 246 g/mol. The van der Waals surface area contributed by atoms with E-state index in [1.807, 2.05) is 19.0 Å². The van der Waals surface area contributed by atoms with Gasteiger partial charge in [-0.05, 0) is 25.0 Å². The van der Waals surface area contributed by atoms with E-state index in [1.165, 1.54) is 11.1 Å². The lowest BCUT2D eigenvalue weighted by atomic mass is 10.2. The third kappa shape index (κ3) is 2.67. The largest absolute Gasteiger partial charge is 0.480 e.